The van der Waals surface area contributed by atoms with Gasteiger partial charge in [0.2, 0.25) is 5.95 Å². The predicted octanol–water partition coefficient (Wildman–Crippen LogP) is 2.69. The molecule has 1 heterocycles. The minimum atomic E-state index is -0.188. The summed E-state index contributed by atoms with van der Waals surface area (Å²) in [6.07, 6.45) is 1.85. The first kappa shape index (κ1) is 14.0. The molecule has 2 aromatic rings. The van der Waals surface area contributed by atoms with Crippen LogP contribution in [0.4, 0.5) is 5.95 Å². The first-order valence-corrected chi connectivity index (χ1v) is 6.65. The molecule has 0 atom stereocenters. The molecule has 0 amide bonds. The molecule has 0 radical (unpaired) electrons. The second-order valence-electron chi connectivity index (χ2n) is 4.52. The fourth-order valence-electron chi connectivity index (χ4n) is 1.88. The zero-order chi connectivity index (χ0) is 14.4. The summed E-state index contributed by atoms with van der Waals surface area (Å²) >= 11 is 0. The van der Waals surface area contributed by atoms with E-state index in [4.69, 9.17) is 0 Å². The van der Waals surface area contributed by atoms with Crippen molar-refractivity contribution in [3.05, 3.63) is 58.0 Å². The molecule has 0 bridgehead atoms. The van der Waals surface area contributed by atoms with Crippen LogP contribution < -0.4 is 11.0 Å². The van der Waals surface area contributed by atoms with Gasteiger partial charge in [-0.05, 0) is 18.9 Å². The minimum absolute atomic E-state index is 0.188. The Bertz CT molecular complexity index is 646. The van der Waals surface area contributed by atoms with E-state index in [9.17, 15) is 4.79 Å². The van der Waals surface area contributed by atoms with E-state index in [2.05, 4.69) is 27.4 Å². The number of aromatic nitrogens is 2. The van der Waals surface area contributed by atoms with E-state index >= 15 is 0 Å². The molecule has 5 nitrogen and oxygen atoms in total. The Balaban J connectivity index is 2.23. The number of anilines is 1. The highest BCUT2D eigenvalue weighted by atomic mass is 16.1. The average molecular weight is 270 g/mol. The summed E-state index contributed by atoms with van der Waals surface area (Å²) in [4.78, 5) is 18.2. The summed E-state index contributed by atoms with van der Waals surface area (Å²) in [7, 11) is 0. The van der Waals surface area contributed by atoms with E-state index in [0.29, 0.717) is 11.6 Å². The number of hydrazone groups is 1. The second-order valence-corrected chi connectivity index (χ2v) is 4.52. The molecule has 0 aliphatic rings. The highest BCUT2D eigenvalue weighted by Crippen LogP contribution is 2.07. The van der Waals surface area contributed by atoms with Gasteiger partial charge in [-0.15, -0.1) is 0 Å². The summed E-state index contributed by atoms with van der Waals surface area (Å²) in [6, 6.07) is 11.4. The SMILES string of the molecule is CCC/C(=N/Nc1nc(C)cc(=O)[nH]1)c1ccccc1. The minimum Gasteiger partial charge on any atom is -0.291 e. The zero-order valence-electron chi connectivity index (χ0n) is 11.7. The van der Waals surface area contributed by atoms with Crippen molar-refractivity contribution in [3.8, 4) is 0 Å². The highest BCUT2D eigenvalue weighted by Gasteiger charge is 2.03. The van der Waals surface area contributed by atoms with Crippen molar-refractivity contribution in [2.75, 3.05) is 5.43 Å². The molecule has 0 unspecified atom stereocenters. The maximum Gasteiger partial charge on any atom is 0.252 e. The number of rotatable bonds is 5. The summed E-state index contributed by atoms with van der Waals surface area (Å²) in [5.41, 5.74) is 5.31. The predicted molar refractivity (Wildman–Crippen MR) is 81.1 cm³/mol. The Labute approximate surface area is 117 Å². The van der Waals surface area contributed by atoms with Crippen LogP contribution in [0.2, 0.25) is 0 Å². The summed E-state index contributed by atoms with van der Waals surface area (Å²) in [5.74, 6) is 0.361. The van der Waals surface area contributed by atoms with Gasteiger partial charge in [-0.3, -0.25) is 9.78 Å². The van der Waals surface area contributed by atoms with Crippen LogP contribution in [0.15, 0.2) is 46.3 Å². The lowest BCUT2D eigenvalue weighted by molar-refractivity contribution is 0.980. The first-order chi connectivity index (χ1) is 9.69. The largest absolute Gasteiger partial charge is 0.291 e. The van der Waals surface area contributed by atoms with Crippen molar-refractivity contribution < 1.29 is 0 Å². The number of hydrogen-bond acceptors (Lipinski definition) is 4. The Morgan fingerprint density at radius 2 is 2.10 bits per heavy atom. The van der Waals surface area contributed by atoms with Gasteiger partial charge >= 0.3 is 0 Å². The highest BCUT2D eigenvalue weighted by molar-refractivity contribution is 6.00. The van der Waals surface area contributed by atoms with Crippen LogP contribution in [-0.2, 0) is 0 Å². The fraction of sp³-hybridized carbons (Fsp3) is 0.267. The van der Waals surface area contributed by atoms with Crippen LogP contribution in [0.3, 0.4) is 0 Å². The van der Waals surface area contributed by atoms with Crippen LogP contribution in [-0.4, -0.2) is 15.7 Å². The maximum atomic E-state index is 11.4. The lowest BCUT2D eigenvalue weighted by atomic mass is 10.1. The smallest absolute Gasteiger partial charge is 0.252 e. The van der Waals surface area contributed by atoms with Crippen molar-refractivity contribution in [1.82, 2.24) is 9.97 Å². The standard InChI is InChI=1S/C15H18N4O/c1-3-7-13(12-8-5-4-6-9-12)18-19-15-16-11(2)10-14(20)17-15/h4-6,8-10H,3,7H2,1-2H3,(H2,16,17,19,20)/b18-13-. The van der Waals surface area contributed by atoms with Gasteiger partial charge in [0.05, 0.1) is 5.71 Å². The number of aromatic amines is 1. The third-order valence-electron chi connectivity index (χ3n) is 2.76. The fourth-order valence-corrected chi connectivity index (χ4v) is 1.88. The van der Waals surface area contributed by atoms with E-state index in [1.165, 1.54) is 6.07 Å². The molecule has 0 aliphatic carbocycles. The van der Waals surface area contributed by atoms with E-state index in [0.717, 1.165) is 24.1 Å². The van der Waals surface area contributed by atoms with Gasteiger partial charge in [0, 0.05) is 11.8 Å². The van der Waals surface area contributed by atoms with E-state index in [1.807, 2.05) is 30.3 Å². The van der Waals surface area contributed by atoms with Gasteiger partial charge < -0.3 is 0 Å². The van der Waals surface area contributed by atoms with Gasteiger partial charge in [0.15, 0.2) is 0 Å². The number of benzene rings is 1. The molecule has 1 aromatic heterocycles. The molecule has 104 valence electrons. The Kier molecular flexibility index (Phi) is 4.65. The number of nitrogens with zero attached hydrogens (tertiary/aromatic N) is 2. The van der Waals surface area contributed by atoms with E-state index in [-0.39, 0.29) is 5.56 Å². The summed E-state index contributed by atoms with van der Waals surface area (Å²) in [6.45, 7) is 3.87. The molecular weight excluding hydrogens is 252 g/mol. The van der Waals surface area contributed by atoms with Crippen molar-refractivity contribution in [3.63, 3.8) is 0 Å². The molecule has 2 rings (SSSR count). The molecule has 0 aliphatic heterocycles. The summed E-state index contributed by atoms with van der Waals surface area (Å²) in [5, 5.41) is 4.37. The molecule has 0 saturated carbocycles. The molecule has 2 N–H and O–H groups in total. The molecule has 0 fully saturated rings. The van der Waals surface area contributed by atoms with Crippen molar-refractivity contribution in [1.29, 1.82) is 0 Å². The summed E-state index contributed by atoms with van der Waals surface area (Å²) < 4.78 is 0. The van der Waals surface area contributed by atoms with Crippen LogP contribution >= 0.6 is 0 Å². The average Bonchev–Trinajstić information content (AvgIpc) is 2.43. The number of nitrogens with one attached hydrogen (secondary N) is 2. The second kappa shape index (κ2) is 6.65. The quantitative estimate of drug-likeness (QED) is 0.648. The number of hydrogen-bond donors (Lipinski definition) is 2. The number of H-pyrrole nitrogens is 1. The lowest BCUT2D eigenvalue weighted by Crippen LogP contribution is -2.12. The molecule has 20 heavy (non-hydrogen) atoms. The molecule has 0 saturated heterocycles. The van der Waals surface area contributed by atoms with E-state index < -0.39 is 0 Å². The van der Waals surface area contributed by atoms with Gasteiger partial charge in [0.1, 0.15) is 0 Å². The van der Waals surface area contributed by atoms with E-state index in [1.54, 1.807) is 6.92 Å². The lowest BCUT2D eigenvalue weighted by Gasteiger charge is -2.06. The van der Waals surface area contributed by atoms with Gasteiger partial charge in [0.25, 0.3) is 5.56 Å². The Hall–Kier alpha value is -2.43. The van der Waals surface area contributed by atoms with Gasteiger partial charge in [-0.1, -0.05) is 43.7 Å². The molecule has 1 aromatic carbocycles. The van der Waals surface area contributed by atoms with Crippen LogP contribution in [0.5, 0.6) is 0 Å². The zero-order valence-corrected chi connectivity index (χ0v) is 11.7. The monoisotopic (exact) mass is 270 g/mol. The first-order valence-electron chi connectivity index (χ1n) is 6.65. The third-order valence-corrected chi connectivity index (χ3v) is 2.76. The van der Waals surface area contributed by atoms with Gasteiger partial charge in [-0.25, -0.2) is 10.4 Å². The molecule has 0 spiro atoms. The van der Waals surface area contributed by atoms with Crippen molar-refractivity contribution in [2.45, 2.75) is 26.7 Å². The molecule has 5 heteroatoms. The molecular formula is C15H18N4O. The third kappa shape index (κ3) is 3.78. The van der Waals surface area contributed by atoms with Crippen LogP contribution in [0.25, 0.3) is 0 Å². The van der Waals surface area contributed by atoms with Crippen LogP contribution in [0.1, 0.15) is 31.0 Å². The number of aryl methyl sites for hydroxylation is 1. The normalized spacial score (nSPS) is 11.4. The van der Waals surface area contributed by atoms with Gasteiger partial charge in [-0.2, -0.15) is 5.10 Å². The van der Waals surface area contributed by atoms with Crippen molar-refractivity contribution in [2.24, 2.45) is 5.10 Å². The maximum absolute atomic E-state index is 11.4. The van der Waals surface area contributed by atoms with Crippen molar-refractivity contribution >= 4 is 11.7 Å². The Morgan fingerprint density at radius 3 is 2.75 bits per heavy atom. The van der Waals surface area contributed by atoms with Crippen LogP contribution in [0, 0.1) is 6.92 Å². The topological polar surface area (TPSA) is 70.1 Å². The Morgan fingerprint density at radius 1 is 1.35 bits per heavy atom.